The molecule has 0 nitrogen and oxygen atoms in total. The van der Waals surface area contributed by atoms with Gasteiger partial charge in [-0.3, -0.25) is 0 Å². The molecule has 1 rings (SSSR count). The van der Waals surface area contributed by atoms with Crippen LogP contribution >= 0.6 is 27.3 Å². The van der Waals surface area contributed by atoms with E-state index in [4.69, 9.17) is 6.92 Å². The molecule has 36 valence electrons. The van der Waals surface area contributed by atoms with Crippen molar-refractivity contribution >= 4 is 27.3 Å². The minimum atomic E-state index is 0.847. The van der Waals surface area contributed by atoms with Crippen molar-refractivity contribution in [2.75, 3.05) is 0 Å². The molecule has 1 aromatic heterocycles. The Balaban J connectivity index is 3.12. The van der Waals surface area contributed by atoms with Crippen molar-refractivity contribution in [2.24, 2.45) is 0 Å². The molecule has 1 heterocycles. The van der Waals surface area contributed by atoms with Crippen LogP contribution in [-0.2, 0) is 0 Å². The highest BCUT2D eigenvalue weighted by Gasteiger charge is 1.89. The first kappa shape index (κ1) is 5.32. The van der Waals surface area contributed by atoms with Gasteiger partial charge in [0.15, 0.2) is 0 Å². The molecule has 0 aromatic carbocycles. The van der Waals surface area contributed by atoms with Crippen molar-refractivity contribution in [1.82, 2.24) is 0 Å². The van der Waals surface area contributed by atoms with Crippen LogP contribution in [0.25, 0.3) is 0 Å². The molecule has 2 radical (unpaired) electrons. The number of hydrogen-bond acceptors (Lipinski definition) is 1. The van der Waals surface area contributed by atoms with E-state index >= 15 is 0 Å². The summed E-state index contributed by atoms with van der Waals surface area (Å²) in [5.74, 6) is 0. The second-order valence-corrected chi connectivity index (χ2v) is 2.93. The zero-order valence-corrected chi connectivity index (χ0v) is 5.92. The Hall–Kier alpha value is 0.180. The normalized spacial score (nSPS) is 9.43. The van der Waals surface area contributed by atoms with Gasteiger partial charge in [-0.2, -0.15) is 0 Å². The maximum absolute atomic E-state index is 5.41. The molecular weight excluding hydrogens is 172 g/mol. The molecule has 0 aliphatic heterocycles. The van der Waals surface area contributed by atoms with Crippen molar-refractivity contribution < 1.29 is 0 Å². The van der Waals surface area contributed by atoms with E-state index in [-0.39, 0.29) is 0 Å². The summed E-state index contributed by atoms with van der Waals surface area (Å²) in [6, 6.07) is 1.93. The van der Waals surface area contributed by atoms with Gasteiger partial charge in [0.05, 0.1) is 0 Å². The van der Waals surface area contributed by atoms with Crippen LogP contribution in [0.4, 0.5) is 0 Å². The first-order chi connectivity index (χ1) is 3.30. The van der Waals surface area contributed by atoms with E-state index in [1.807, 2.05) is 11.4 Å². The maximum Gasteiger partial charge on any atom is 0.0317 e. The van der Waals surface area contributed by atoms with E-state index in [0.29, 0.717) is 0 Å². The molecule has 0 saturated carbocycles. The molecule has 0 aliphatic rings. The van der Waals surface area contributed by atoms with Gasteiger partial charge in [-0.05, 0) is 27.4 Å². The minimum Gasteiger partial charge on any atom is -0.147 e. The summed E-state index contributed by atoms with van der Waals surface area (Å²) in [4.78, 5) is 0.847. The highest BCUT2D eigenvalue weighted by molar-refractivity contribution is 9.10. The number of halogens is 1. The molecular formula is C5H3BrS. The zero-order chi connectivity index (χ0) is 5.28. The summed E-state index contributed by atoms with van der Waals surface area (Å²) in [6.45, 7) is 5.41. The fraction of sp³-hybridized carbons (Fsp3) is 0. The van der Waals surface area contributed by atoms with Gasteiger partial charge in [0.2, 0.25) is 0 Å². The van der Waals surface area contributed by atoms with E-state index in [2.05, 4.69) is 15.9 Å². The highest BCUT2D eigenvalue weighted by Crippen LogP contribution is 2.20. The lowest BCUT2D eigenvalue weighted by molar-refractivity contribution is 1.78. The molecule has 1 aromatic rings. The van der Waals surface area contributed by atoms with Gasteiger partial charge >= 0.3 is 0 Å². The lowest BCUT2D eigenvalue weighted by Gasteiger charge is -1.76. The number of thiophene rings is 1. The van der Waals surface area contributed by atoms with Crippen LogP contribution < -0.4 is 0 Å². The van der Waals surface area contributed by atoms with Gasteiger partial charge < -0.3 is 0 Å². The SMILES string of the molecule is [CH]c1sccc1Br. The Morgan fingerprint density at radius 2 is 2.43 bits per heavy atom. The predicted molar refractivity (Wildman–Crippen MR) is 35.4 cm³/mol. The van der Waals surface area contributed by atoms with E-state index in [1.54, 1.807) is 0 Å². The molecule has 0 unspecified atom stereocenters. The van der Waals surface area contributed by atoms with Crippen LogP contribution in [0.2, 0.25) is 0 Å². The van der Waals surface area contributed by atoms with Gasteiger partial charge in [0.25, 0.3) is 0 Å². The third-order valence-corrected chi connectivity index (χ3v) is 2.34. The predicted octanol–water partition coefficient (Wildman–Crippen LogP) is 2.57. The summed E-state index contributed by atoms with van der Waals surface area (Å²) in [6.07, 6.45) is 0. The second-order valence-electron chi connectivity index (χ2n) is 1.13. The van der Waals surface area contributed by atoms with Crippen molar-refractivity contribution in [2.45, 2.75) is 0 Å². The van der Waals surface area contributed by atoms with Crippen molar-refractivity contribution in [3.8, 4) is 0 Å². The average Bonchev–Trinajstić information content (AvgIpc) is 1.91. The van der Waals surface area contributed by atoms with Gasteiger partial charge in [0.1, 0.15) is 0 Å². The molecule has 0 amide bonds. The third-order valence-electron chi connectivity index (χ3n) is 0.645. The minimum absolute atomic E-state index is 0.847. The fourth-order valence-electron chi connectivity index (χ4n) is 0.305. The molecule has 0 aliphatic carbocycles. The van der Waals surface area contributed by atoms with E-state index in [0.717, 1.165) is 9.35 Å². The van der Waals surface area contributed by atoms with Crippen LogP contribution in [-0.4, -0.2) is 0 Å². The Morgan fingerprint density at radius 1 is 1.71 bits per heavy atom. The highest BCUT2D eigenvalue weighted by atomic mass is 79.9. The van der Waals surface area contributed by atoms with Gasteiger partial charge in [-0.15, -0.1) is 11.3 Å². The quantitative estimate of drug-likeness (QED) is 0.568. The molecule has 0 atom stereocenters. The monoisotopic (exact) mass is 174 g/mol. The number of rotatable bonds is 0. The van der Waals surface area contributed by atoms with Crippen LogP contribution in [0.5, 0.6) is 0 Å². The van der Waals surface area contributed by atoms with Gasteiger partial charge in [-0.1, -0.05) is 0 Å². The lowest BCUT2D eigenvalue weighted by Crippen LogP contribution is -1.53. The van der Waals surface area contributed by atoms with Crippen LogP contribution in [0, 0.1) is 6.92 Å². The van der Waals surface area contributed by atoms with E-state index in [1.165, 1.54) is 11.3 Å². The fourth-order valence-corrected chi connectivity index (χ4v) is 1.42. The largest absolute Gasteiger partial charge is 0.147 e. The summed E-state index contributed by atoms with van der Waals surface area (Å²) in [5, 5.41) is 1.94. The van der Waals surface area contributed by atoms with Crippen molar-refractivity contribution in [3.63, 3.8) is 0 Å². The van der Waals surface area contributed by atoms with Crippen molar-refractivity contribution in [1.29, 1.82) is 0 Å². The maximum atomic E-state index is 5.41. The first-order valence-electron chi connectivity index (χ1n) is 1.79. The standard InChI is InChI=1S/C5H3BrS/c1-4-5(6)2-3-7-4/h1-3H. The second kappa shape index (κ2) is 1.97. The molecule has 0 spiro atoms. The van der Waals surface area contributed by atoms with Crippen LogP contribution in [0.3, 0.4) is 0 Å². The summed E-state index contributed by atoms with van der Waals surface area (Å²) in [5.41, 5.74) is 0. The molecule has 0 saturated heterocycles. The third kappa shape index (κ3) is 1.04. The molecule has 0 bridgehead atoms. The summed E-state index contributed by atoms with van der Waals surface area (Å²) in [7, 11) is 0. The average molecular weight is 175 g/mol. The smallest absolute Gasteiger partial charge is 0.0317 e. The topological polar surface area (TPSA) is 0 Å². The Kier molecular flexibility index (Phi) is 1.50. The zero-order valence-electron chi connectivity index (χ0n) is 3.52. The summed E-state index contributed by atoms with van der Waals surface area (Å²) >= 11 is 4.79. The van der Waals surface area contributed by atoms with Crippen molar-refractivity contribution in [3.05, 3.63) is 27.7 Å². The van der Waals surface area contributed by atoms with E-state index < -0.39 is 0 Å². The first-order valence-corrected chi connectivity index (χ1v) is 3.46. The Labute approximate surface area is 55.3 Å². The molecule has 7 heavy (non-hydrogen) atoms. The molecule has 0 fully saturated rings. The van der Waals surface area contributed by atoms with E-state index in [9.17, 15) is 0 Å². The summed E-state index contributed by atoms with van der Waals surface area (Å²) < 4.78 is 0.998. The van der Waals surface area contributed by atoms with Crippen LogP contribution in [0.15, 0.2) is 15.9 Å². The molecule has 2 heteroatoms. The van der Waals surface area contributed by atoms with Gasteiger partial charge in [0, 0.05) is 16.3 Å². The molecule has 0 N–H and O–H groups in total. The number of hydrogen-bond donors (Lipinski definition) is 0. The lowest BCUT2D eigenvalue weighted by atomic mass is 10.5. The van der Waals surface area contributed by atoms with Gasteiger partial charge in [-0.25, -0.2) is 0 Å². The van der Waals surface area contributed by atoms with Crippen LogP contribution in [0.1, 0.15) is 4.88 Å². The Bertz CT molecular complexity index is 140. The Morgan fingerprint density at radius 3 is 2.57 bits per heavy atom.